The molecule has 8 heteroatoms. The van der Waals surface area contributed by atoms with Crippen LogP contribution in [0.4, 0.5) is 0 Å². The molecular formula is C17H26IN5OS. The van der Waals surface area contributed by atoms with E-state index in [0.717, 1.165) is 22.2 Å². The van der Waals surface area contributed by atoms with Gasteiger partial charge in [-0.15, -0.1) is 35.3 Å². The number of aryl methyl sites for hydroxylation is 2. The minimum atomic E-state index is 0. The Morgan fingerprint density at radius 2 is 1.96 bits per heavy atom. The van der Waals surface area contributed by atoms with Crippen LogP contribution < -0.4 is 15.4 Å². The summed E-state index contributed by atoms with van der Waals surface area (Å²) in [6.45, 7) is 9.39. The number of hydrogen-bond donors (Lipinski definition) is 2. The fourth-order valence-electron chi connectivity index (χ4n) is 2.01. The fraction of sp³-hybridized carbons (Fsp3) is 0.471. The second-order valence-corrected chi connectivity index (χ2v) is 6.99. The third-order valence-corrected chi connectivity index (χ3v) is 4.39. The summed E-state index contributed by atoms with van der Waals surface area (Å²) in [5.41, 5.74) is 2.16. The first-order chi connectivity index (χ1) is 11.5. The molecule has 0 saturated carbocycles. The molecule has 6 nitrogen and oxygen atoms in total. The summed E-state index contributed by atoms with van der Waals surface area (Å²) in [5.74, 6) is 1.38. The molecule has 0 fully saturated rings. The van der Waals surface area contributed by atoms with E-state index in [4.69, 9.17) is 4.74 Å². The van der Waals surface area contributed by atoms with Crippen molar-refractivity contribution in [2.45, 2.75) is 46.9 Å². The van der Waals surface area contributed by atoms with Gasteiger partial charge in [-0.1, -0.05) is 6.07 Å². The molecule has 0 saturated heterocycles. The van der Waals surface area contributed by atoms with E-state index in [2.05, 4.69) is 32.5 Å². The van der Waals surface area contributed by atoms with Gasteiger partial charge in [0.05, 0.1) is 18.3 Å². The van der Waals surface area contributed by atoms with E-state index in [9.17, 15) is 0 Å². The summed E-state index contributed by atoms with van der Waals surface area (Å²) in [6.07, 6.45) is 1.94. The quantitative estimate of drug-likeness (QED) is 0.381. The molecule has 0 aliphatic heterocycles. The zero-order chi connectivity index (χ0) is 17.5. The Hall–Kier alpha value is -1.42. The molecule has 0 bridgehead atoms. The molecule has 2 rings (SSSR count). The van der Waals surface area contributed by atoms with E-state index in [1.54, 1.807) is 18.4 Å². The SMILES string of the molecule is CN=C(NCc1ccc(OC(C)C)nc1)NCc1nc(C)c(C)s1.I. The maximum atomic E-state index is 5.54. The zero-order valence-corrected chi connectivity index (χ0v) is 18.4. The Labute approximate surface area is 170 Å². The summed E-state index contributed by atoms with van der Waals surface area (Å²) >= 11 is 1.71. The van der Waals surface area contributed by atoms with Crippen molar-refractivity contribution >= 4 is 41.3 Å². The van der Waals surface area contributed by atoms with Crippen LogP contribution in [0.1, 0.15) is 35.0 Å². The molecule has 138 valence electrons. The standard InChI is InChI=1S/C17H25N5OS.HI/c1-11(2)23-15-7-6-14(8-19-15)9-20-17(18-5)21-10-16-22-12(3)13(4)24-16;/h6-8,11H,9-10H2,1-5H3,(H2,18,20,21);1H. The number of halogens is 1. The summed E-state index contributed by atoms with van der Waals surface area (Å²) < 4.78 is 5.54. The number of guanidine groups is 1. The summed E-state index contributed by atoms with van der Waals surface area (Å²) in [6, 6.07) is 3.88. The number of ether oxygens (including phenoxy) is 1. The number of aromatic nitrogens is 2. The van der Waals surface area contributed by atoms with Gasteiger partial charge < -0.3 is 15.4 Å². The van der Waals surface area contributed by atoms with Crippen molar-refractivity contribution in [2.24, 2.45) is 4.99 Å². The zero-order valence-electron chi connectivity index (χ0n) is 15.3. The Bertz CT molecular complexity index is 665. The third kappa shape index (κ3) is 7.15. The summed E-state index contributed by atoms with van der Waals surface area (Å²) in [4.78, 5) is 14.3. The van der Waals surface area contributed by atoms with Crippen molar-refractivity contribution < 1.29 is 4.74 Å². The second-order valence-electron chi connectivity index (χ2n) is 5.70. The van der Waals surface area contributed by atoms with Gasteiger partial charge in [0, 0.05) is 30.7 Å². The van der Waals surface area contributed by atoms with E-state index in [1.165, 1.54) is 4.88 Å². The highest BCUT2D eigenvalue weighted by atomic mass is 127. The number of pyridine rings is 1. The molecule has 2 N–H and O–H groups in total. The van der Waals surface area contributed by atoms with Gasteiger partial charge in [-0.3, -0.25) is 4.99 Å². The van der Waals surface area contributed by atoms with Gasteiger partial charge in [-0.05, 0) is 33.3 Å². The Kier molecular flexibility index (Phi) is 9.12. The first-order valence-corrected chi connectivity index (χ1v) is 8.78. The molecule has 0 amide bonds. The predicted octanol–water partition coefficient (Wildman–Crippen LogP) is 3.43. The topological polar surface area (TPSA) is 71.4 Å². The normalized spacial score (nSPS) is 11.2. The van der Waals surface area contributed by atoms with E-state index in [-0.39, 0.29) is 30.1 Å². The maximum absolute atomic E-state index is 5.54. The lowest BCUT2D eigenvalue weighted by Gasteiger charge is -2.12. The average Bonchev–Trinajstić information content (AvgIpc) is 2.87. The molecule has 0 aromatic carbocycles. The molecule has 0 atom stereocenters. The number of hydrogen-bond acceptors (Lipinski definition) is 5. The smallest absolute Gasteiger partial charge is 0.213 e. The Morgan fingerprint density at radius 1 is 1.24 bits per heavy atom. The highest BCUT2D eigenvalue weighted by molar-refractivity contribution is 14.0. The lowest BCUT2D eigenvalue weighted by atomic mass is 10.3. The van der Waals surface area contributed by atoms with E-state index < -0.39 is 0 Å². The van der Waals surface area contributed by atoms with Gasteiger partial charge in [-0.2, -0.15) is 0 Å². The van der Waals surface area contributed by atoms with Crippen molar-refractivity contribution in [1.82, 2.24) is 20.6 Å². The van der Waals surface area contributed by atoms with Gasteiger partial charge in [0.2, 0.25) is 5.88 Å². The molecule has 25 heavy (non-hydrogen) atoms. The van der Waals surface area contributed by atoms with Crippen LogP contribution in [-0.2, 0) is 13.1 Å². The number of nitrogens with one attached hydrogen (secondary N) is 2. The number of thiazole rings is 1. The molecule has 2 heterocycles. The fourth-order valence-corrected chi connectivity index (χ4v) is 2.88. The van der Waals surface area contributed by atoms with E-state index >= 15 is 0 Å². The molecule has 0 aliphatic rings. The summed E-state index contributed by atoms with van der Waals surface area (Å²) in [7, 11) is 1.76. The van der Waals surface area contributed by atoms with Gasteiger partial charge in [-0.25, -0.2) is 9.97 Å². The molecule has 0 unspecified atom stereocenters. The van der Waals surface area contributed by atoms with Crippen LogP contribution in [-0.4, -0.2) is 29.1 Å². The molecule has 0 spiro atoms. The molecule has 2 aromatic rings. The molecule has 0 aliphatic carbocycles. The van der Waals surface area contributed by atoms with Crippen LogP contribution in [0.25, 0.3) is 0 Å². The maximum Gasteiger partial charge on any atom is 0.213 e. The van der Waals surface area contributed by atoms with Crippen molar-refractivity contribution in [3.8, 4) is 5.88 Å². The van der Waals surface area contributed by atoms with Crippen molar-refractivity contribution in [1.29, 1.82) is 0 Å². The van der Waals surface area contributed by atoms with Crippen molar-refractivity contribution in [3.63, 3.8) is 0 Å². The van der Waals surface area contributed by atoms with Crippen LogP contribution in [0, 0.1) is 13.8 Å². The highest BCUT2D eigenvalue weighted by Gasteiger charge is 2.05. The van der Waals surface area contributed by atoms with Gasteiger partial charge in [0.25, 0.3) is 0 Å². The van der Waals surface area contributed by atoms with Gasteiger partial charge in [0.1, 0.15) is 5.01 Å². The van der Waals surface area contributed by atoms with Crippen LogP contribution >= 0.6 is 35.3 Å². The minimum absolute atomic E-state index is 0. The largest absolute Gasteiger partial charge is 0.475 e. The Morgan fingerprint density at radius 3 is 2.48 bits per heavy atom. The van der Waals surface area contributed by atoms with Gasteiger partial charge in [0.15, 0.2) is 5.96 Å². The van der Waals surface area contributed by atoms with Gasteiger partial charge >= 0.3 is 0 Å². The first kappa shape index (κ1) is 21.6. The van der Waals surface area contributed by atoms with Crippen LogP contribution in [0.5, 0.6) is 5.88 Å². The van der Waals surface area contributed by atoms with E-state index in [1.807, 2.05) is 39.1 Å². The number of rotatable bonds is 6. The van der Waals surface area contributed by atoms with Crippen LogP contribution in [0.2, 0.25) is 0 Å². The monoisotopic (exact) mass is 475 g/mol. The van der Waals surface area contributed by atoms with Crippen LogP contribution in [0.3, 0.4) is 0 Å². The third-order valence-electron chi connectivity index (χ3n) is 3.32. The average molecular weight is 475 g/mol. The van der Waals surface area contributed by atoms with Crippen molar-refractivity contribution in [2.75, 3.05) is 7.05 Å². The minimum Gasteiger partial charge on any atom is -0.475 e. The lowest BCUT2D eigenvalue weighted by Crippen LogP contribution is -2.36. The van der Waals surface area contributed by atoms with E-state index in [0.29, 0.717) is 19.0 Å². The van der Waals surface area contributed by atoms with Crippen molar-refractivity contribution in [3.05, 3.63) is 39.5 Å². The second kappa shape index (κ2) is 10.5. The number of aliphatic imine (C=N–C) groups is 1. The Balaban J connectivity index is 0.00000312. The molecule has 2 aromatic heterocycles. The molecular weight excluding hydrogens is 449 g/mol. The first-order valence-electron chi connectivity index (χ1n) is 7.97. The van der Waals surface area contributed by atoms with Crippen LogP contribution in [0.15, 0.2) is 23.3 Å². The highest BCUT2D eigenvalue weighted by Crippen LogP contribution is 2.15. The number of nitrogens with zero attached hydrogens (tertiary/aromatic N) is 3. The predicted molar refractivity (Wildman–Crippen MR) is 114 cm³/mol. The summed E-state index contributed by atoms with van der Waals surface area (Å²) in [5, 5.41) is 7.61. The molecule has 0 radical (unpaired) electrons. The lowest BCUT2D eigenvalue weighted by molar-refractivity contribution is 0.232.